The second kappa shape index (κ2) is 8.31. The van der Waals surface area contributed by atoms with Gasteiger partial charge in [0.2, 0.25) is 5.95 Å². The van der Waals surface area contributed by atoms with E-state index < -0.39 is 34.7 Å². The summed E-state index contributed by atoms with van der Waals surface area (Å²) in [5.41, 5.74) is 5.32. The molecule has 2 N–H and O–H groups in total. The fourth-order valence-electron chi connectivity index (χ4n) is 2.89. The Kier molecular flexibility index (Phi) is 5.55. The van der Waals surface area contributed by atoms with Crippen LogP contribution in [0.3, 0.4) is 0 Å². The largest absolute Gasteiger partial charge is 0.272 e. The fourth-order valence-corrected chi connectivity index (χ4v) is 3.25. The van der Waals surface area contributed by atoms with Crippen molar-refractivity contribution < 1.29 is 22.4 Å². The third kappa shape index (κ3) is 4.06. The van der Waals surface area contributed by atoms with Gasteiger partial charge in [-0.25, -0.2) is 27.5 Å². The van der Waals surface area contributed by atoms with Crippen molar-refractivity contribution in [3.63, 3.8) is 0 Å². The van der Waals surface area contributed by atoms with E-state index in [1.165, 1.54) is 0 Å². The van der Waals surface area contributed by atoms with Crippen LogP contribution >= 0.6 is 15.9 Å². The first-order valence-electron chi connectivity index (χ1n) is 8.77. The number of nitrogens with zero attached hydrogens (tertiary/aromatic N) is 2. The van der Waals surface area contributed by atoms with Crippen LogP contribution in [0.15, 0.2) is 59.1 Å². The minimum absolute atomic E-state index is 0.0505. The van der Waals surface area contributed by atoms with E-state index in [4.69, 9.17) is 0 Å². The van der Waals surface area contributed by atoms with Crippen LogP contribution in [0.25, 0.3) is 22.2 Å². The Bertz CT molecular complexity index is 1320. The summed E-state index contributed by atoms with van der Waals surface area (Å²) < 4.78 is 54.5. The first-order chi connectivity index (χ1) is 14.8. The van der Waals surface area contributed by atoms with Gasteiger partial charge >= 0.3 is 0 Å². The number of fused-ring (bicyclic) bond motifs is 1. The number of anilines is 1. The molecule has 3 aromatic carbocycles. The number of hydrazine groups is 1. The van der Waals surface area contributed by atoms with Gasteiger partial charge in [0.15, 0.2) is 23.3 Å². The maximum atomic E-state index is 13.8. The molecule has 4 aromatic rings. The minimum Gasteiger partial charge on any atom is -0.267 e. The quantitative estimate of drug-likeness (QED) is 0.174. The Morgan fingerprint density at radius 2 is 1.61 bits per heavy atom. The maximum absolute atomic E-state index is 13.8. The van der Waals surface area contributed by atoms with Crippen molar-refractivity contribution >= 4 is 38.7 Å². The lowest BCUT2D eigenvalue weighted by molar-refractivity contribution is 0.0956. The van der Waals surface area contributed by atoms with Gasteiger partial charge in [0, 0.05) is 15.4 Å². The molecule has 0 saturated carbocycles. The predicted molar refractivity (Wildman–Crippen MR) is 110 cm³/mol. The van der Waals surface area contributed by atoms with Gasteiger partial charge in [-0.3, -0.25) is 15.6 Å². The minimum atomic E-state index is -2.08. The molecular weight excluding hydrogens is 480 g/mol. The molecule has 0 fully saturated rings. The Hall–Kier alpha value is -3.53. The third-order valence-corrected chi connectivity index (χ3v) is 4.83. The zero-order chi connectivity index (χ0) is 22.1. The molecule has 1 aromatic heterocycles. The van der Waals surface area contributed by atoms with Crippen LogP contribution in [0.5, 0.6) is 0 Å². The molecule has 0 aliphatic heterocycles. The number of carbonyl (C=O) groups is 1. The Morgan fingerprint density at radius 1 is 0.871 bits per heavy atom. The number of hydrogen-bond donors (Lipinski definition) is 2. The van der Waals surface area contributed by atoms with Crippen molar-refractivity contribution in [1.29, 1.82) is 0 Å². The van der Waals surface area contributed by atoms with E-state index in [0.717, 1.165) is 15.4 Å². The molecular formula is C21H11BrF4N4O. The van der Waals surface area contributed by atoms with E-state index in [9.17, 15) is 22.4 Å². The fraction of sp³-hybridized carbons (Fsp3) is 0. The Labute approximate surface area is 181 Å². The summed E-state index contributed by atoms with van der Waals surface area (Å²) in [5.74, 6) is -8.88. The molecule has 31 heavy (non-hydrogen) atoms. The maximum Gasteiger partial charge on any atom is 0.272 e. The van der Waals surface area contributed by atoms with Crippen molar-refractivity contribution in [3.05, 3.63) is 87.9 Å². The van der Waals surface area contributed by atoms with E-state index >= 15 is 0 Å². The van der Waals surface area contributed by atoms with Crippen molar-refractivity contribution in [2.75, 3.05) is 5.43 Å². The van der Waals surface area contributed by atoms with Crippen LogP contribution in [-0.4, -0.2) is 15.9 Å². The van der Waals surface area contributed by atoms with Gasteiger partial charge in [0.25, 0.3) is 5.91 Å². The van der Waals surface area contributed by atoms with E-state index in [2.05, 4.69) is 36.7 Å². The highest BCUT2D eigenvalue weighted by molar-refractivity contribution is 9.10. The average molecular weight is 491 g/mol. The number of carbonyl (C=O) groups excluding carboxylic acids is 1. The normalized spacial score (nSPS) is 10.9. The van der Waals surface area contributed by atoms with Crippen LogP contribution in [0, 0.1) is 23.3 Å². The molecule has 1 amide bonds. The standard InChI is InChI=1S/C21H11BrF4N4O/c22-11-6-7-15-12(8-11)19(10-4-2-1-3-5-10)28-21(27-15)30-29-20(31)13-9-14(23)17(25)18(26)16(13)24/h1-9H,(H,29,31)(H,27,28,30). The summed E-state index contributed by atoms with van der Waals surface area (Å²) in [5, 5.41) is 0.728. The number of benzene rings is 3. The van der Waals surface area contributed by atoms with E-state index in [1.54, 1.807) is 12.1 Å². The summed E-state index contributed by atoms with van der Waals surface area (Å²) in [6.45, 7) is 0. The monoisotopic (exact) mass is 490 g/mol. The second-order valence-corrected chi connectivity index (χ2v) is 7.27. The van der Waals surface area contributed by atoms with Crippen molar-refractivity contribution in [2.45, 2.75) is 0 Å². The Balaban J connectivity index is 1.68. The molecule has 0 saturated heterocycles. The third-order valence-electron chi connectivity index (χ3n) is 4.34. The van der Waals surface area contributed by atoms with E-state index in [1.807, 2.05) is 36.4 Å². The highest BCUT2D eigenvalue weighted by Crippen LogP contribution is 2.29. The van der Waals surface area contributed by atoms with Crippen molar-refractivity contribution in [2.24, 2.45) is 0 Å². The van der Waals surface area contributed by atoms with Crippen molar-refractivity contribution in [1.82, 2.24) is 15.4 Å². The number of amides is 1. The van der Waals surface area contributed by atoms with Crippen LogP contribution < -0.4 is 10.9 Å². The lowest BCUT2D eigenvalue weighted by Crippen LogP contribution is -2.31. The predicted octanol–water partition coefficient (Wildman–Crippen LogP) is 5.37. The number of nitrogens with one attached hydrogen (secondary N) is 2. The SMILES string of the molecule is O=C(NNc1nc(-c2ccccc2)c2cc(Br)ccc2n1)c1cc(F)c(F)c(F)c1F. The molecule has 0 spiro atoms. The number of hydrogen-bond acceptors (Lipinski definition) is 4. The molecule has 156 valence electrons. The van der Waals surface area contributed by atoms with Gasteiger partial charge in [-0.05, 0) is 24.3 Å². The van der Waals surface area contributed by atoms with E-state index in [0.29, 0.717) is 11.2 Å². The first kappa shape index (κ1) is 20.7. The molecule has 0 radical (unpaired) electrons. The average Bonchev–Trinajstić information content (AvgIpc) is 2.78. The number of aromatic nitrogens is 2. The Morgan fingerprint density at radius 3 is 2.35 bits per heavy atom. The van der Waals surface area contributed by atoms with Gasteiger partial charge < -0.3 is 0 Å². The molecule has 4 rings (SSSR count). The van der Waals surface area contributed by atoms with Crippen molar-refractivity contribution in [3.8, 4) is 11.3 Å². The molecule has 0 aliphatic carbocycles. The van der Waals surface area contributed by atoms with E-state index in [-0.39, 0.29) is 12.0 Å². The zero-order valence-electron chi connectivity index (χ0n) is 15.4. The number of rotatable bonds is 4. The smallest absolute Gasteiger partial charge is 0.267 e. The highest BCUT2D eigenvalue weighted by atomic mass is 79.9. The topological polar surface area (TPSA) is 66.9 Å². The molecule has 0 unspecified atom stereocenters. The number of halogens is 5. The molecule has 5 nitrogen and oxygen atoms in total. The highest BCUT2D eigenvalue weighted by Gasteiger charge is 2.23. The zero-order valence-corrected chi connectivity index (χ0v) is 17.0. The summed E-state index contributed by atoms with van der Waals surface area (Å²) in [7, 11) is 0. The van der Waals surface area contributed by atoms with Gasteiger partial charge in [0.1, 0.15) is 0 Å². The summed E-state index contributed by atoms with van der Waals surface area (Å²) in [4.78, 5) is 20.9. The summed E-state index contributed by atoms with van der Waals surface area (Å²) in [6.07, 6.45) is 0. The van der Waals surface area contributed by atoms with Gasteiger partial charge in [-0.2, -0.15) is 0 Å². The van der Waals surface area contributed by atoms with Crippen LogP contribution in [0.4, 0.5) is 23.5 Å². The second-order valence-electron chi connectivity index (χ2n) is 6.35. The van der Waals surface area contributed by atoms with Crippen LogP contribution in [0.2, 0.25) is 0 Å². The van der Waals surface area contributed by atoms with Crippen LogP contribution in [0.1, 0.15) is 10.4 Å². The first-order valence-corrected chi connectivity index (χ1v) is 9.56. The summed E-state index contributed by atoms with van der Waals surface area (Å²) in [6, 6.07) is 14.8. The lowest BCUT2D eigenvalue weighted by atomic mass is 10.1. The molecule has 0 bridgehead atoms. The molecule has 10 heteroatoms. The lowest BCUT2D eigenvalue weighted by Gasteiger charge is -2.12. The van der Waals surface area contributed by atoms with Crippen LogP contribution in [-0.2, 0) is 0 Å². The van der Waals surface area contributed by atoms with Gasteiger partial charge in [-0.15, -0.1) is 0 Å². The molecule has 0 atom stereocenters. The van der Waals surface area contributed by atoms with Gasteiger partial charge in [-0.1, -0.05) is 46.3 Å². The summed E-state index contributed by atoms with van der Waals surface area (Å²) >= 11 is 3.41. The van der Waals surface area contributed by atoms with Gasteiger partial charge in [0.05, 0.1) is 16.8 Å². The molecule has 0 aliphatic rings. The molecule has 1 heterocycles.